The van der Waals surface area contributed by atoms with E-state index in [9.17, 15) is 14.0 Å². The maximum absolute atomic E-state index is 12.9. The molecule has 0 saturated carbocycles. The lowest BCUT2D eigenvalue weighted by Gasteiger charge is -2.10. The van der Waals surface area contributed by atoms with Gasteiger partial charge < -0.3 is 10.6 Å². The Labute approximate surface area is 91.8 Å². The summed E-state index contributed by atoms with van der Waals surface area (Å²) in [6.45, 7) is 0.430. The maximum atomic E-state index is 12.9. The molecule has 16 heavy (non-hydrogen) atoms. The zero-order valence-corrected chi connectivity index (χ0v) is 8.50. The zero-order chi connectivity index (χ0) is 11.5. The van der Waals surface area contributed by atoms with Crippen LogP contribution < -0.4 is 10.6 Å². The van der Waals surface area contributed by atoms with E-state index in [1.807, 2.05) is 0 Å². The van der Waals surface area contributed by atoms with Gasteiger partial charge in [-0.25, -0.2) is 4.39 Å². The number of carbonyl (C=O) groups is 2. The quantitative estimate of drug-likeness (QED) is 0.763. The molecule has 0 radical (unpaired) electrons. The summed E-state index contributed by atoms with van der Waals surface area (Å²) in [7, 11) is 0. The van der Waals surface area contributed by atoms with Gasteiger partial charge in [0.05, 0.1) is 6.04 Å². The van der Waals surface area contributed by atoms with Crippen LogP contribution >= 0.6 is 0 Å². The van der Waals surface area contributed by atoms with Crippen molar-refractivity contribution < 1.29 is 14.0 Å². The lowest BCUT2D eigenvalue weighted by Crippen LogP contribution is -2.36. The van der Waals surface area contributed by atoms with Crippen molar-refractivity contribution in [2.75, 3.05) is 6.54 Å². The maximum Gasteiger partial charge on any atom is 0.251 e. The van der Waals surface area contributed by atoms with Crippen LogP contribution in [0.25, 0.3) is 0 Å². The van der Waals surface area contributed by atoms with Gasteiger partial charge in [0.15, 0.2) is 0 Å². The van der Waals surface area contributed by atoms with Crippen molar-refractivity contribution in [3.8, 4) is 0 Å². The molecule has 1 fully saturated rings. The lowest BCUT2D eigenvalue weighted by atomic mass is 10.2. The average Bonchev–Trinajstić information content (AvgIpc) is 2.64. The number of amides is 2. The van der Waals surface area contributed by atoms with Crippen LogP contribution in [0.5, 0.6) is 0 Å². The fraction of sp³-hybridized carbons (Fsp3) is 0.273. The van der Waals surface area contributed by atoms with Crippen LogP contribution in [0.3, 0.4) is 0 Å². The molecule has 1 aromatic rings. The summed E-state index contributed by atoms with van der Waals surface area (Å²) in [4.78, 5) is 22.5. The number of rotatable bonds is 2. The van der Waals surface area contributed by atoms with Gasteiger partial charge in [0.25, 0.3) is 5.91 Å². The number of hydrogen-bond donors (Lipinski definition) is 2. The molecule has 0 aromatic heterocycles. The smallest absolute Gasteiger partial charge is 0.251 e. The first kappa shape index (κ1) is 10.6. The first-order valence-corrected chi connectivity index (χ1v) is 4.98. The van der Waals surface area contributed by atoms with E-state index in [2.05, 4.69) is 10.6 Å². The summed E-state index contributed by atoms with van der Waals surface area (Å²) < 4.78 is 12.9. The number of hydrogen-bond acceptors (Lipinski definition) is 2. The standard InChI is InChI=1S/C11H11FN2O2/c12-8-3-1-2-7(4-8)11(16)14-9-5-10(15)13-6-9/h1-4,9H,5-6H2,(H,13,15)(H,14,16)/t9-/m1/s1. The van der Waals surface area contributed by atoms with Gasteiger partial charge >= 0.3 is 0 Å². The molecule has 2 rings (SSSR count). The van der Waals surface area contributed by atoms with Gasteiger partial charge in [-0.15, -0.1) is 0 Å². The highest BCUT2D eigenvalue weighted by Crippen LogP contribution is 2.05. The van der Waals surface area contributed by atoms with E-state index in [0.717, 1.165) is 0 Å². The number of carbonyl (C=O) groups excluding carboxylic acids is 2. The molecule has 2 amide bonds. The Morgan fingerprint density at radius 2 is 2.31 bits per heavy atom. The zero-order valence-electron chi connectivity index (χ0n) is 8.50. The first-order valence-electron chi connectivity index (χ1n) is 4.98. The van der Waals surface area contributed by atoms with Gasteiger partial charge in [0.2, 0.25) is 5.91 Å². The van der Waals surface area contributed by atoms with E-state index in [1.165, 1.54) is 24.3 Å². The summed E-state index contributed by atoms with van der Waals surface area (Å²) in [6, 6.07) is 5.24. The van der Waals surface area contributed by atoms with Crippen molar-refractivity contribution in [2.24, 2.45) is 0 Å². The van der Waals surface area contributed by atoms with Gasteiger partial charge in [0, 0.05) is 18.5 Å². The molecule has 1 atom stereocenters. The SMILES string of the molecule is O=C1C[C@@H](NC(=O)c2cccc(F)c2)CN1. The first-order chi connectivity index (χ1) is 7.65. The molecule has 1 aromatic carbocycles. The van der Waals surface area contributed by atoms with Crippen LogP contribution in [-0.2, 0) is 4.79 Å². The second kappa shape index (κ2) is 4.30. The number of benzene rings is 1. The second-order valence-electron chi connectivity index (χ2n) is 3.69. The van der Waals surface area contributed by atoms with E-state index in [-0.39, 0.29) is 29.8 Å². The summed E-state index contributed by atoms with van der Waals surface area (Å²) >= 11 is 0. The Balaban J connectivity index is 2.00. The van der Waals surface area contributed by atoms with Crippen molar-refractivity contribution in [2.45, 2.75) is 12.5 Å². The molecule has 0 aliphatic carbocycles. The van der Waals surface area contributed by atoms with Crippen LogP contribution in [0.15, 0.2) is 24.3 Å². The number of halogens is 1. The fourth-order valence-corrected chi connectivity index (χ4v) is 1.61. The summed E-state index contributed by atoms with van der Waals surface area (Å²) in [6.07, 6.45) is 0.279. The molecular weight excluding hydrogens is 211 g/mol. The normalized spacial score (nSPS) is 19.3. The van der Waals surface area contributed by atoms with E-state index >= 15 is 0 Å². The van der Waals surface area contributed by atoms with Gasteiger partial charge in [-0.3, -0.25) is 9.59 Å². The van der Waals surface area contributed by atoms with Gasteiger partial charge in [-0.1, -0.05) is 6.07 Å². The lowest BCUT2D eigenvalue weighted by molar-refractivity contribution is -0.119. The predicted octanol–water partition coefficient (Wildman–Crippen LogP) is 0.444. The molecule has 4 nitrogen and oxygen atoms in total. The van der Waals surface area contributed by atoms with E-state index in [0.29, 0.717) is 6.54 Å². The van der Waals surface area contributed by atoms with Crippen LogP contribution in [0.1, 0.15) is 16.8 Å². The monoisotopic (exact) mass is 222 g/mol. The highest BCUT2D eigenvalue weighted by atomic mass is 19.1. The predicted molar refractivity (Wildman–Crippen MR) is 55.3 cm³/mol. The van der Waals surface area contributed by atoms with Crippen LogP contribution in [0.4, 0.5) is 4.39 Å². The van der Waals surface area contributed by atoms with Crippen LogP contribution in [0.2, 0.25) is 0 Å². The van der Waals surface area contributed by atoms with E-state index < -0.39 is 5.82 Å². The summed E-state index contributed by atoms with van der Waals surface area (Å²) in [5.41, 5.74) is 0.263. The molecule has 1 aliphatic rings. The average molecular weight is 222 g/mol. The topological polar surface area (TPSA) is 58.2 Å². The Bertz CT molecular complexity index is 434. The number of nitrogens with one attached hydrogen (secondary N) is 2. The third-order valence-corrected chi connectivity index (χ3v) is 2.40. The minimum Gasteiger partial charge on any atom is -0.354 e. The second-order valence-corrected chi connectivity index (χ2v) is 3.69. The Kier molecular flexibility index (Phi) is 2.85. The molecule has 84 valence electrons. The van der Waals surface area contributed by atoms with Gasteiger partial charge in [0.1, 0.15) is 5.82 Å². The minimum absolute atomic E-state index is 0.0791. The molecule has 1 saturated heterocycles. The molecule has 0 bridgehead atoms. The largest absolute Gasteiger partial charge is 0.354 e. The van der Waals surface area contributed by atoms with E-state index in [1.54, 1.807) is 0 Å². The minimum atomic E-state index is -0.451. The van der Waals surface area contributed by atoms with Crippen molar-refractivity contribution in [1.29, 1.82) is 0 Å². The Morgan fingerprint density at radius 3 is 2.94 bits per heavy atom. The van der Waals surface area contributed by atoms with Crippen molar-refractivity contribution in [3.05, 3.63) is 35.6 Å². The molecule has 1 aliphatic heterocycles. The van der Waals surface area contributed by atoms with Crippen molar-refractivity contribution in [1.82, 2.24) is 10.6 Å². The summed E-state index contributed by atoms with van der Waals surface area (Å²) in [5, 5.41) is 5.27. The molecule has 0 spiro atoms. The molecule has 0 unspecified atom stereocenters. The van der Waals surface area contributed by atoms with Gasteiger partial charge in [-0.2, -0.15) is 0 Å². The fourth-order valence-electron chi connectivity index (χ4n) is 1.61. The van der Waals surface area contributed by atoms with Crippen molar-refractivity contribution >= 4 is 11.8 Å². The van der Waals surface area contributed by atoms with Crippen LogP contribution in [0, 0.1) is 5.82 Å². The highest BCUT2D eigenvalue weighted by molar-refractivity contribution is 5.95. The van der Waals surface area contributed by atoms with Gasteiger partial charge in [-0.05, 0) is 18.2 Å². The molecular formula is C11H11FN2O2. The molecule has 5 heteroatoms. The molecule has 1 heterocycles. The van der Waals surface area contributed by atoms with Crippen molar-refractivity contribution in [3.63, 3.8) is 0 Å². The Hall–Kier alpha value is -1.91. The molecule has 2 N–H and O–H groups in total. The summed E-state index contributed by atoms with van der Waals surface area (Å²) in [5.74, 6) is -0.890. The Morgan fingerprint density at radius 1 is 1.50 bits per heavy atom. The highest BCUT2D eigenvalue weighted by Gasteiger charge is 2.23. The van der Waals surface area contributed by atoms with E-state index in [4.69, 9.17) is 0 Å². The van der Waals surface area contributed by atoms with Crippen LogP contribution in [-0.4, -0.2) is 24.4 Å². The third kappa shape index (κ3) is 2.36. The third-order valence-electron chi connectivity index (χ3n) is 2.40.